The Labute approximate surface area is 243 Å². The maximum atomic E-state index is 12.2. The number of amides is 1. The highest BCUT2D eigenvalue weighted by atomic mass is 16.1. The largest absolute Gasteiger partial charge is 0.363 e. The molecule has 10 nitrogen and oxygen atoms in total. The van der Waals surface area contributed by atoms with E-state index < -0.39 is 0 Å². The highest BCUT2D eigenvalue weighted by Crippen LogP contribution is 2.40. The van der Waals surface area contributed by atoms with Crippen molar-refractivity contribution in [2.45, 2.75) is 32.7 Å². The zero-order valence-corrected chi connectivity index (χ0v) is 23.7. The van der Waals surface area contributed by atoms with Crippen LogP contribution in [0.15, 0.2) is 72.1 Å². The third-order valence-corrected chi connectivity index (χ3v) is 7.36. The van der Waals surface area contributed by atoms with Gasteiger partial charge in [-0.25, -0.2) is 0 Å². The quantitative estimate of drug-likeness (QED) is 0.296. The Morgan fingerprint density at radius 3 is 2.76 bits per heavy atom. The second-order valence-corrected chi connectivity index (χ2v) is 10.2. The highest BCUT2D eigenvalue weighted by molar-refractivity contribution is 5.95. The summed E-state index contributed by atoms with van der Waals surface area (Å²) < 4.78 is 1.85. The normalized spacial score (nSPS) is 15.5. The number of anilines is 2. The molecule has 0 aliphatic carbocycles. The molecular formula is C32H31N9O. The molecule has 10 heteroatoms. The fourth-order valence-corrected chi connectivity index (χ4v) is 5.33. The third kappa shape index (κ3) is 4.98. The van der Waals surface area contributed by atoms with Gasteiger partial charge in [-0.3, -0.25) is 29.4 Å². The molecule has 2 aliphatic rings. The molecule has 1 atom stereocenters. The van der Waals surface area contributed by atoms with Crippen molar-refractivity contribution in [3.63, 3.8) is 0 Å². The summed E-state index contributed by atoms with van der Waals surface area (Å²) in [6.45, 7) is 7.90. The molecule has 0 saturated carbocycles. The van der Waals surface area contributed by atoms with E-state index in [2.05, 4.69) is 48.7 Å². The first-order valence-electron chi connectivity index (χ1n) is 13.8. The molecule has 2 aliphatic heterocycles. The van der Waals surface area contributed by atoms with Gasteiger partial charge < -0.3 is 16.0 Å². The van der Waals surface area contributed by atoms with E-state index >= 15 is 0 Å². The molecule has 0 saturated heterocycles. The van der Waals surface area contributed by atoms with E-state index in [1.807, 2.05) is 68.4 Å². The van der Waals surface area contributed by atoms with Crippen LogP contribution in [-0.4, -0.2) is 37.4 Å². The fraction of sp³-hybridized carbons (Fsp3) is 0.188. The van der Waals surface area contributed by atoms with Crippen molar-refractivity contribution in [2.75, 3.05) is 10.6 Å². The molecule has 1 unspecified atom stereocenters. The van der Waals surface area contributed by atoms with Crippen molar-refractivity contribution in [1.29, 1.82) is 0 Å². The Kier molecular flexibility index (Phi) is 7.18. The second kappa shape index (κ2) is 11.2. The number of carbonyl (C=O) groups excluding carboxylic acids is 1. The van der Waals surface area contributed by atoms with Gasteiger partial charge in [0, 0.05) is 83.2 Å². The maximum Gasteiger partial charge on any atom is 0.224 e. The third-order valence-electron chi connectivity index (χ3n) is 7.36. The lowest BCUT2D eigenvalue weighted by atomic mass is 9.92. The molecule has 0 aromatic carbocycles. The number of allylic oxidation sites excluding steroid dienone is 2. The van der Waals surface area contributed by atoms with E-state index in [0.29, 0.717) is 12.1 Å². The van der Waals surface area contributed by atoms with Crippen LogP contribution in [0.4, 0.5) is 11.4 Å². The Morgan fingerprint density at radius 1 is 1.14 bits per heavy atom. The summed E-state index contributed by atoms with van der Waals surface area (Å²) in [4.78, 5) is 29.9. The number of fused-ring (bicyclic) bond motifs is 2. The van der Waals surface area contributed by atoms with E-state index in [4.69, 9.17) is 5.10 Å². The number of aliphatic imine (C=N–C) groups is 1. The lowest BCUT2D eigenvalue weighted by molar-refractivity contribution is -0.116. The van der Waals surface area contributed by atoms with E-state index in [-0.39, 0.29) is 11.9 Å². The molecule has 0 spiro atoms. The first-order chi connectivity index (χ1) is 20.5. The topological polar surface area (TPSA) is 122 Å². The van der Waals surface area contributed by atoms with Crippen LogP contribution in [0, 0.1) is 0 Å². The van der Waals surface area contributed by atoms with E-state index in [9.17, 15) is 4.79 Å². The number of rotatable bonds is 7. The van der Waals surface area contributed by atoms with Crippen LogP contribution in [-0.2, 0) is 11.8 Å². The van der Waals surface area contributed by atoms with Crippen molar-refractivity contribution in [3.8, 4) is 11.1 Å². The molecule has 1 amide bonds. The lowest BCUT2D eigenvalue weighted by Gasteiger charge is -2.25. The van der Waals surface area contributed by atoms with Gasteiger partial charge >= 0.3 is 0 Å². The molecule has 3 N–H and O–H groups in total. The summed E-state index contributed by atoms with van der Waals surface area (Å²) in [5, 5.41) is 16.7. The second-order valence-electron chi connectivity index (χ2n) is 10.2. The average molecular weight is 558 g/mol. The maximum absolute atomic E-state index is 12.2. The molecule has 4 aromatic heterocycles. The Hall–Kier alpha value is -5.38. The summed E-state index contributed by atoms with van der Waals surface area (Å²) in [6.07, 6.45) is 18.0. The smallest absolute Gasteiger partial charge is 0.224 e. The molecule has 0 fully saturated rings. The molecule has 0 radical (unpaired) electrons. The number of nitrogens with one attached hydrogen (secondary N) is 3. The molecule has 6 heterocycles. The van der Waals surface area contributed by atoms with Crippen LogP contribution >= 0.6 is 0 Å². The number of pyridine rings is 3. The van der Waals surface area contributed by atoms with Gasteiger partial charge in [-0.15, -0.1) is 0 Å². The Balaban J connectivity index is 1.44. The molecular weight excluding hydrogens is 526 g/mol. The summed E-state index contributed by atoms with van der Waals surface area (Å²) in [5.41, 5.74) is 8.73. The zero-order chi connectivity index (χ0) is 29.2. The number of hydrogen-bond donors (Lipinski definition) is 3. The minimum Gasteiger partial charge on any atom is -0.363 e. The van der Waals surface area contributed by atoms with Crippen molar-refractivity contribution in [3.05, 3.63) is 94.5 Å². The number of aryl methyl sites for hydroxylation is 1. The standard InChI is InChI=1S/C32H31N9O/c1-5-7-30(42)38-22-10-21(14-35-15-22)23-11-24-29(18-37-19(23)2)41(4)40-32(24)27-12-26(33-3)31-25(16-36-17-28(31)39-27)20-8-6-9-34-13-20/h6,8-18,26,37,39H,3,5,7H2,1-2,4H3,(H,38,42). The van der Waals surface area contributed by atoms with E-state index in [0.717, 1.165) is 67.6 Å². The first-order valence-corrected chi connectivity index (χ1v) is 13.8. The van der Waals surface area contributed by atoms with Crippen LogP contribution in [0.2, 0.25) is 0 Å². The summed E-state index contributed by atoms with van der Waals surface area (Å²) >= 11 is 0. The van der Waals surface area contributed by atoms with Gasteiger partial charge in [0.2, 0.25) is 5.91 Å². The van der Waals surface area contributed by atoms with Gasteiger partial charge in [-0.05, 0) is 44.3 Å². The monoisotopic (exact) mass is 557 g/mol. The van der Waals surface area contributed by atoms with Gasteiger partial charge in [0.1, 0.15) is 5.69 Å². The Morgan fingerprint density at radius 2 is 1.98 bits per heavy atom. The van der Waals surface area contributed by atoms with Crippen LogP contribution < -0.4 is 26.5 Å². The predicted octanol–water partition coefficient (Wildman–Crippen LogP) is 3.77. The molecule has 4 aromatic rings. The van der Waals surface area contributed by atoms with Crippen molar-refractivity contribution >= 4 is 47.5 Å². The average Bonchev–Trinajstić information content (AvgIpc) is 3.21. The SMILES string of the molecule is C=NC1C=C(c2nn(C)c3c2=CC(c2cncc(NC(=O)CCC)c2)=C(C)NC=3)Nc2cncc(-c3cccnc3)c21. The number of carbonyl (C=O) groups is 1. The van der Waals surface area contributed by atoms with Gasteiger partial charge in [0.05, 0.1) is 40.9 Å². The minimum atomic E-state index is -0.315. The number of nitrogens with zero attached hydrogens (tertiary/aromatic N) is 6. The van der Waals surface area contributed by atoms with Crippen LogP contribution in [0.25, 0.3) is 34.7 Å². The lowest BCUT2D eigenvalue weighted by Crippen LogP contribution is -2.31. The van der Waals surface area contributed by atoms with Crippen LogP contribution in [0.5, 0.6) is 0 Å². The fourth-order valence-electron chi connectivity index (χ4n) is 5.33. The first kappa shape index (κ1) is 26.8. The molecule has 6 rings (SSSR count). The van der Waals surface area contributed by atoms with Gasteiger partial charge in [0.25, 0.3) is 0 Å². The van der Waals surface area contributed by atoms with E-state index in [1.165, 1.54) is 0 Å². The Bertz CT molecular complexity index is 1890. The zero-order valence-electron chi connectivity index (χ0n) is 23.7. The number of aromatic nitrogens is 5. The molecule has 210 valence electrons. The van der Waals surface area contributed by atoms with Gasteiger partial charge in [0.15, 0.2) is 0 Å². The molecule has 0 bridgehead atoms. The van der Waals surface area contributed by atoms with Gasteiger partial charge in [-0.1, -0.05) is 13.0 Å². The summed E-state index contributed by atoms with van der Waals surface area (Å²) in [5.74, 6) is -0.0302. The van der Waals surface area contributed by atoms with E-state index in [1.54, 1.807) is 24.8 Å². The molecule has 42 heavy (non-hydrogen) atoms. The van der Waals surface area contributed by atoms with Gasteiger partial charge in [-0.2, -0.15) is 5.10 Å². The van der Waals surface area contributed by atoms with Crippen LogP contribution in [0.3, 0.4) is 0 Å². The summed E-state index contributed by atoms with van der Waals surface area (Å²) in [6, 6.07) is 5.54. The highest BCUT2D eigenvalue weighted by Gasteiger charge is 2.26. The van der Waals surface area contributed by atoms with Crippen LogP contribution in [0.1, 0.15) is 49.6 Å². The predicted molar refractivity (Wildman–Crippen MR) is 166 cm³/mol. The van der Waals surface area contributed by atoms with Crippen molar-refractivity contribution < 1.29 is 4.79 Å². The summed E-state index contributed by atoms with van der Waals surface area (Å²) in [7, 11) is 1.92. The minimum absolute atomic E-state index is 0.0302. The number of hydrogen-bond acceptors (Lipinski definition) is 8. The van der Waals surface area contributed by atoms with Crippen molar-refractivity contribution in [2.24, 2.45) is 12.0 Å². The van der Waals surface area contributed by atoms with Crippen molar-refractivity contribution in [1.82, 2.24) is 30.0 Å².